The van der Waals surface area contributed by atoms with Crippen LogP contribution in [0.4, 0.5) is 10.5 Å². The van der Waals surface area contributed by atoms with Gasteiger partial charge in [0.05, 0.1) is 5.69 Å². The van der Waals surface area contributed by atoms with Gasteiger partial charge in [-0.3, -0.25) is 0 Å². The summed E-state index contributed by atoms with van der Waals surface area (Å²) in [6.45, 7) is 1.50. The molecule has 0 radical (unpaired) electrons. The van der Waals surface area contributed by atoms with E-state index in [1.165, 1.54) is 5.56 Å². The molecule has 0 unspecified atom stereocenters. The minimum Gasteiger partial charge on any atom is -0.454 e. The third-order valence-electron chi connectivity index (χ3n) is 6.10. The molecule has 0 atom stereocenters. The van der Waals surface area contributed by atoms with Gasteiger partial charge in [0.1, 0.15) is 0 Å². The molecule has 1 aromatic heterocycles. The molecule has 0 aliphatic carbocycles. The normalized spacial score (nSPS) is 14.5. The standard InChI is InChI=1S/C25H20ClN3O3/c26-19-4-5-21-20(11-19)22(12-27-21)28-25(30)29-8-7-17-9-15(1-2-18(17)13-29)16-3-6-23-24(10-16)32-14-31-23/h1-6,9-12,27H,7-8,13-14H2,(H,28,30). The van der Waals surface area contributed by atoms with Crippen molar-refractivity contribution in [1.29, 1.82) is 0 Å². The summed E-state index contributed by atoms with van der Waals surface area (Å²) in [6, 6.07) is 17.9. The van der Waals surface area contributed by atoms with Crippen molar-refractivity contribution in [3.8, 4) is 22.6 Å². The van der Waals surface area contributed by atoms with E-state index < -0.39 is 0 Å². The average Bonchev–Trinajstić information content (AvgIpc) is 3.44. The number of amides is 2. The summed E-state index contributed by atoms with van der Waals surface area (Å²) < 4.78 is 10.9. The number of aromatic nitrogens is 1. The Morgan fingerprint density at radius 3 is 2.75 bits per heavy atom. The quantitative estimate of drug-likeness (QED) is 0.409. The second-order valence-corrected chi connectivity index (χ2v) is 8.48. The van der Waals surface area contributed by atoms with Gasteiger partial charge in [-0.2, -0.15) is 0 Å². The summed E-state index contributed by atoms with van der Waals surface area (Å²) in [5, 5.41) is 4.56. The maximum absolute atomic E-state index is 12.9. The summed E-state index contributed by atoms with van der Waals surface area (Å²) >= 11 is 6.12. The molecule has 32 heavy (non-hydrogen) atoms. The van der Waals surface area contributed by atoms with Crippen LogP contribution in [0, 0.1) is 0 Å². The van der Waals surface area contributed by atoms with Gasteiger partial charge in [0.15, 0.2) is 11.5 Å². The lowest BCUT2D eigenvalue weighted by Gasteiger charge is -2.29. The van der Waals surface area contributed by atoms with Crippen LogP contribution in [-0.4, -0.2) is 29.3 Å². The van der Waals surface area contributed by atoms with Crippen LogP contribution in [0.1, 0.15) is 11.1 Å². The lowest BCUT2D eigenvalue weighted by Crippen LogP contribution is -2.38. The van der Waals surface area contributed by atoms with Crippen LogP contribution in [0.5, 0.6) is 11.5 Å². The van der Waals surface area contributed by atoms with Gasteiger partial charge < -0.3 is 24.7 Å². The van der Waals surface area contributed by atoms with Crippen LogP contribution < -0.4 is 14.8 Å². The van der Waals surface area contributed by atoms with Crippen LogP contribution in [0.25, 0.3) is 22.0 Å². The molecule has 2 amide bonds. The number of urea groups is 1. The number of ether oxygens (including phenoxy) is 2. The van der Waals surface area contributed by atoms with Crippen LogP contribution in [-0.2, 0) is 13.0 Å². The smallest absolute Gasteiger partial charge is 0.322 e. The number of hydrogen-bond donors (Lipinski definition) is 2. The first-order chi connectivity index (χ1) is 15.6. The number of nitrogens with zero attached hydrogens (tertiary/aromatic N) is 1. The molecule has 6 nitrogen and oxygen atoms in total. The van der Waals surface area contributed by atoms with E-state index in [0.717, 1.165) is 51.2 Å². The van der Waals surface area contributed by atoms with Crippen molar-refractivity contribution in [2.75, 3.05) is 18.7 Å². The Labute approximate surface area is 189 Å². The molecular weight excluding hydrogens is 426 g/mol. The van der Waals surface area contributed by atoms with E-state index in [1.807, 2.05) is 41.3 Å². The maximum Gasteiger partial charge on any atom is 0.322 e. The summed E-state index contributed by atoms with van der Waals surface area (Å²) in [4.78, 5) is 18.0. The number of nitrogens with one attached hydrogen (secondary N) is 2. The SMILES string of the molecule is O=C(Nc1c[nH]c2ccc(Cl)cc12)N1CCc2cc(-c3ccc4c(c3)OCO4)ccc2C1. The van der Waals surface area contributed by atoms with Gasteiger partial charge in [0.25, 0.3) is 0 Å². The van der Waals surface area contributed by atoms with Crippen molar-refractivity contribution >= 4 is 34.2 Å². The van der Waals surface area contributed by atoms with E-state index in [1.54, 1.807) is 6.20 Å². The Balaban J connectivity index is 1.20. The first kappa shape index (κ1) is 19.1. The van der Waals surface area contributed by atoms with Gasteiger partial charge >= 0.3 is 6.03 Å². The average molecular weight is 446 g/mol. The van der Waals surface area contributed by atoms with E-state index >= 15 is 0 Å². The molecule has 3 heterocycles. The molecule has 0 saturated heterocycles. The number of hydrogen-bond acceptors (Lipinski definition) is 3. The minimum atomic E-state index is -0.114. The Morgan fingerprint density at radius 1 is 0.969 bits per heavy atom. The maximum atomic E-state index is 12.9. The molecule has 2 aliphatic heterocycles. The summed E-state index contributed by atoms with van der Waals surface area (Å²) in [5.74, 6) is 1.56. The zero-order chi connectivity index (χ0) is 21.7. The fraction of sp³-hybridized carbons (Fsp3) is 0.160. The molecule has 7 heteroatoms. The van der Waals surface area contributed by atoms with Crippen molar-refractivity contribution < 1.29 is 14.3 Å². The van der Waals surface area contributed by atoms with Crippen LogP contribution in [0.3, 0.4) is 0 Å². The fourth-order valence-electron chi connectivity index (χ4n) is 4.37. The molecule has 2 aliphatic rings. The highest BCUT2D eigenvalue weighted by Gasteiger charge is 2.22. The van der Waals surface area contributed by atoms with E-state index in [0.29, 0.717) is 18.1 Å². The molecule has 0 bridgehead atoms. The number of carbonyl (C=O) groups is 1. The number of aromatic amines is 1. The van der Waals surface area contributed by atoms with E-state index in [-0.39, 0.29) is 12.8 Å². The number of rotatable bonds is 2. The number of anilines is 1. The van der Waals surface area contributed by atoms with Crippen molar-refractivity contribution in [2.45, 2.75) is 13.0 Å². The largest absolute Gasteiger partial charge is 0.454 e. The van der Waals surface area contributed by atoms with E-state index in [9.17, 15) is 4.79 Å². The number of carbonyl (C=O) groups excluding carboxylic acids is 1. The van der Waals surface area contributed by atoms with Crippen LogP contribution in [0.2, 0.25) is 5.02 Å². The molecule has 0 spiro atoms. The highest BCUT2D eigenvalue weighted by molar-refractivity contribution is 6.31. The van der Waals surface area contributed by atoms with Gasteiger partial charge in [0, 0.05) is 35.2 Å². The van der Waals surface area contributed by atoms with Gasteiger partial charge in [-0.15, -0.1) is 0 Å². The van der Waals surface area contributed by atoms with E-state index in [4.69, 9.17) is 21.1 Å². The highest BCUT2D eigenvalue weighted by Crippen LogP contribution is 2.37. The fourth-order valence-corrected chi connectivity index (χ4v) is 4.54. The number of benzene rings is 3. The molecule has 0 fully saturated rings. The predicted molar refractivity (Wildman–Crippen MR) is 124 cm³/mol. The minimum absolute atomic E-state index is 0.114. The zero-order valence-corrected chi connectivity index (χ0v) is 17.9. The third kappa shape index (κ3) is 3.33. The Bertz CT molecular complexity index is 1360. The summed E-state index contributed by atoms with van der Waals surface area (Å²) in [5.41, 5.74) is 6.33. The first-order valence-electron chi connectivity index (χ1n) is 10.5. The Morgan fingerprint density at radius 2 is 1.81 bits per heavy atom. The molecule has 160 valence electrons. The summed E-state index contributed by atoms with van der Waals surface area (Å²) in [7, 11) is 0. The van der Waals surface area contributed by atoms with Crippen LogP contribution in [0.15, 0.2) is 60.8 Å². The Kier molecular flexibility index (Phi) is 4.47. The monoisotopic (exact) mass is 445 g/mol. The Hall–Kier alpha value is -3.64. The second-order valence-electron chi connectivity index (χ2n) is 8.05. The second kappa shape index (κ2) is 7.50. The van der Waals surface area contributed by atoms with Gasteiger partial charge in [-0.05, 0) is 59.0 Å². The highest BCUT2D eigenvalue weighted by atomic mass is 35.5. The van der Waals surface area contributed by atoms with Crippen molar-refractivity contribution in [3.05, 3.63) is 76.9 Å². The summed E-state index contributed by atoms with van der Waals surface area (Å²) in [6.07, 6.45) is 2.61. The van der Waals surface area contributed by atoms with E-state index in [2.05, 4.69) is 28.5 Å². The predicted octanol–water partition coefficient (Wildman–Crippen LogP) is 5.81. The lowest BCUT2D eigenvalue weighted by molar-refractivity contribution is 0.174. The van der Waals surface area contributed by atoms with Crippen molar-refractivity contribution in [2.24, 2.45) is 0 Å². The molecule has 3 aromatic carbocycles. The van der Waals surface area contributed by atoms with Gasteiger partial charge in [-0.25, -0.2) is 4.79 Å². The molecule has 6 rings (SSSR count). The first-order valence-corrected chi connectivity index (χ1v) is 10.9. The van der Waals surface area contributed by atoms with Crippen LogP contribution >= 0.6 is 11.6 Å². The van der Waals surface area contributed by atoms with Gasteiger partial charge in [-0.1, -0.05) is 35.9 Å². The number of fused-ring (bicyclic) bond motifs is 3. The molecule has 0 saturated carbocycles. The van der Waals surface area contributed by atoms with Crippen molar-refractivity contribution in [3.63, 3.8) is 0 Å². The van der Waals surface area contributed by atoms with Crippen molar-refractivity contribution in [1.82, 2.24) is 9.88 Å². The van der Waals surface area contributed by atoms with Gasteiger partial charge in [0.2, 0.25) is 6.79 Å². The number of H-pyrrole nitrogens is 1. The number of halogens is 1. The molecular formula is C25H20ClN3O3. The zero-order valence-electron chi connectivity index (χ0n) is 17.2. The molecule has 4 aromatic rings. The third-order valence-corrected chi connectivity index (χ3v) is 6.33. The molecule has 2 N–H and O–H groups in total. The topological polar surface area (TPSA) is 66.6 Å². The lowest BCUT2D eigenvalue weighted by atomic mass is 9.94.